The second kappa shape index (κ2) is 3.11. The van der Waals surface area contributed by atoms with E-state index in [2.05, 4.69) is 0 Å². The lowest BCUT2D eigenvalue weighted by molar-refractivity contribution is -0.141. The van der Waals surface area contributed by atoms with Crippen LogP contribution >= 0.6 is 11.8 Å². The highest BCUT2D eigenvalue weighted by Gasteiger charge is 2.50. The van der Waals surface area contributed by atoms with Gasteiger partial charge in [-0.2, -0.15) is 0 Å². The molecule has 2 unspecified atom stereocenters. The molecule has 2 saturated heterocycles. The van der Waals surface area contributed by atoms with Crippen LogP contribution in [-0.4, -0.2) is 39.5 Å². The number of amides is 1. The van der Waals surface area contributed by atoms with Crippen LogP contribution in [0.15, 0.2) is 22.8 Å². The Labute approximate surface area is 95.7 Å². The number of aliphatic carboxylic acids is 1. The highest BCUT2D eigenvalue weighted by Crippen LogP contribution is 2.45. The zero-order valence-corrected chi connectivity index (χ0v) is 9.23. The number of epoxide rings is 1. The summed E-state index contributed by atoms with van der Waals surface area (Å²) in [5.74, 6) is -1.27. The summed E-state index contributed by atoms with van der Waals surface area (Å²) >= 11 is 1.35. The number of β-lactam (4-membered cyclic amide) rings is 1. The van der Waals surface area contributed by atoms with Crippen LogP contribution in [0.1, 0.15) is 6.92 Å². The Morgan fingerprint density at radius 1 is 1.69 bits per heavy atom. The average Bonchev–Trinajstić information content (AvgIpc) is 2.79. The number of rotatable bonds is 2. The number of carboxylic acids is 1. The Balaban J connectivity index is 1.79. The molecule has 1 amide bonds. The molecule has 5 nitrogen and oxygen atoms in total. The number of carbonyl (C=O) groups excluding carboxylic acids is 1. The highest BCUT2D eigenvalue weighted by atomic mass is 32.2. The number of carbonyl (C=O) groups is 2. The van der Waals surface area contributed by atoms with Gasteiger partial charge in [0.25, 0.3) is 5.91 Å². The fourth-order valence-corrected chi connectivity index (χ4v) is 2.97. The van der Waals surface area contributed by atoms with Crippen molar-refractivity contribution in [3.05, 3.63) is 22.8 Å². The summed E-state index contributed by atoms with van der Waals surface area (Å²) in [6, 6.07) is 0. The topological polar surface area (TPSA) is 70.1 Å². The van der Waals surface area contributed by atoms with Crippen molar-refractivity contribution in [1.82, 2.24) is 4.90 Å². The van der Waals surface area contributed by atoms with Gasteiger partial charge < -0.3 is 9.84 Å². The molecule has 0 radical (unpaired) electrons. The lowest BCUT2D eigenvalue weighted by Crippen LogP contribution is -2.51. The van der Waals surface area contributed by atoms with Gasteiger partial charge in [-0.3, -0.25) is 9.69 Å². The standard InChI is InChI=1S/C10H9NO4S/c1-4-7(15-4)2-5-8(12)11-6(10(13)14)3-16-9(5)11/h2-4,7,9H,1H3,(H,13,14)/t4?,7?,9-/m1/s1. The first-order valence-corrected chi connectivity index (χ1v) is 5.83. The van der Waals surface area contributed by atoms with Crippen molar-refractivity contribution < 1.29 is 19.4 Å². The maximum atomic E-state index is 11.7. The number of fused-ring (bicyclic) bond motifs is 1. The molecule has 0 saturated carbocycles. The van der Waals surface area contributed by atoms with E-state index in [1.54, 1.807) is 6.08 Å². The molecular weight excluding hydrogens is 230 g/mol. The third-order valence-electron chi connectivity index (χ3n) is 2.86. The lowest BCUT2D eigenvalue weighted by atomic mass is 10.0. The van der Waals surface area contributed by atoms with E-state index in [-0.39, 0.29) is 29.2 Å². The molecule has 3 aliphatic rings. The normalized spacial score (nSPS) is 38.2. The summed E-state index contributed by atoms with van der Waals surface area (Å²) < 4.78 is 5.20. The van der Waals surface area contributed by atoms with Gasteiger partial charge in [-0.05, 0) is 13.0 Å². The molecule has 3 aliphatic heterocycles. The summed E-state index contributed by atoms with van der Waals surface area (Å²) in [5.41, 5.74) is 0.730. The summed E-state index contributed by atoms with van der Waals surface area (Å²) in [6.45, 7) is 1.94. The van der Waals surface area contributed by atoms with E-state index in [0.29, 0.717) is 5.57 Å². The predicted octanol–water partition coefficient (Wildman–Crippen LogP) is 0.541. The second-order valence-electron chi connectivity index (χ2n) is 3.90. The summed E-state index contributed by atoms with van der Waals surface area (Å²) in [5, 5.41) is 10.2. The van der Waals surface area contributed by atoms with Gasteiger partial charge in [-0.25, -0.2) is 4.79 Å². The molecule has 0 aromatic carbocycles. The summed E-state index contributed by atoms with van der Waals surface area (Å²) in [7, 11) is 0. The fourth-order valence-electron chi connectivity index (χ4n) is 1.84. The molecule has 0 bridgehead atoms. The Bertz CT molecular complexity index is 456. The molecule has 84 valence electrons. The maximum Gasteiger partial charge on any atom is 0.353 e. The summed E-state index contributed by atoms with van der Waals surface area (Å²) in [4.78, 5) is 23.8. The molecule has 2 fully saturated rings. The second-order valence-corrected chi connectivity index (χ2v) is 4.85. The van der Waals surface area contributed by atoms with Gasteiger partial charge in [0.15, 0.2) is 0 Å². The lowest BCUT2D eigenvalue weighted by Gasteiger charge is -2.37. The van der Waals surface area contributed by atoms with Crippen LogP contribution in [0.3, 0.4) is 0 Å². The first kappa shape index (κ1) is 9.92. The Morgan fingerprint density at radius 2 is 2.38 bits per heavy atom. The van der Waals surface area contributed by atoms with Gasteiger partial charge >= 0.3 is 5.97 Å². The zero-order valence-electron chi connectivity index (χ0n) is 8.41. The van der Waals surface area contributed by atoms with Crippen LogP contribution in [0.2, 0.25) is 0 Å². The quantitative estimate of drug-likeness (QED) is 0.432. The average molecular weight is 239 g/mol. The molecule has 0 spiro atoms. The van der Waals surface area contributed by atoms with Gasteiger partial charge in [0.05, 0.1) is 6.10 Å². The Kier molecular flexibility index (Phi) is 1.93. The van der Waals surface area contributed by atoms with Crippen LogP contribution in [0.4, 0.5) is 0 Å². The maximum absolute atomic E-state index is 11.7. The highest BCUT2D eigenvalue weighted by molar-refractivity contribution is 8.03. The molecule has 0 aliphatic carbocycles. The molecule has 1 N–H and O–H groups in total. The van der Waals surface area contributed by atoms with Crippen LogP contribution in [0, 0.1) is 0 Å². The van der Waals surface area contributed by atoms with E-state index < -0.39 is 5.97 Å². The number of ether oxygens (including phenoxy) is 1. The third-order valence-corrected chi connectivity index (χ3v) is 3.94. The molecule has 0 aromatic heterocycles. The summed E-state index contributed by atoms with van der Waals surface area (Å²) in [6.07, 6.45) is 2.00. The van der Waals surface area contributed by atoms with Crippen molar-refractivity contribution in [2.75, 3.05) is 0 Å². The number of carboxylic acid groups (broad SMARTS) is 1. The van der Waals surface area contributed by atoms with Crippen molar-refractivity contribution in [2.24, 2.45) is 0 Å². The minimum Gasteiger partial charge on any atom is -0.477 e. The SMILES string of the molecule is CC1OC1C=C1C(=O)N2C(C(=O)O)=CS[C@H]12. The van der Waals surface area contributed by atoms with Crippen LogP contribution < -0.4 is 0 Å². The van der Waals surface area contributed by atoms with Crippen LogP contribution in [-0.2, 0) is 14.3 Å². The van der Waals surface area contributed by atoms with Gasteiger partial charge in [-0.1, -0.05) is 0 Å². The Morgan fingerprint density at radius 3 is 2.94 bits per heavy atom. The largest absolute Gasteiger partial charge is 0.477 e. The van der Waals surface area contributed by atoms with Gasteiger partial charge in [0, 0.05) is 11.0 Å². The van der Waals surface area contributed by atoms with Crippen molar-refractivity contribution >= 4 is 23.6 Å². The zero-order chi connectivity index (χ0) is 11.4. The minimum absolute atomic E-state index is 0.0237. The molecule has 3 atom stereocenters. The van der Waals surface area contributed by atoms with Crippen molar-refractivity contribution in [3.63, 3.8) is 0 Å². The predicted molar refractivity (Wildman–Crippen MR) is 56.4 cm³/mol. The van der Waals surface area contributed by atoms with Crippen molar-refractivity contribution in [2.45, 2.75) is 24.5 Å². The number of thioether (sulfide) groups is 1. The number of nitrogens with zero attached hydrogens (tertiary/aromatic N) is 1. The molecule has 3 rings (SSSR count). The first-order chi connectivity index (χ1) is 7.59. The van der Waals surface area contributed by atoms with Gasteiger partial charge in [0.1, 0.15) is 17.2 Å². The van der Waals surface area contributed by atoms with Gasteiger partial charge in [0.2, 0.25) is 0 Å². The number of hydrogen-bond donors (Lipinski definition) is 1. The fraction of sp³-hybridized carbons (Fsp3) is 0.400. The molecule has 6 heteroatoms. The first-order valence-electron chi connectivity index (χ1n) is 4.89. The van der Waals surface area contributed by atoms with Gasteiger partial charge in [-0.15, -0.1) is 11.8 Å². The van der Waals surface area contributed by atoms with Crippen molar-refractivity contribution in [3.8, 4) is 0 Å². The smallest absolute Gasteiger partial charge is 0.353 e. The van der Waals surface area contributed by atoms with E-state index in [9.17, 15) is 9.59 Å². The van der Waals surface area contributed by atoms with Crippen LogP contribution in [0.25, 0.3) is 0 Å². The third kappa shape index (κ3) is 1.23. The Hall–Kier alpha value is -1.27. The van der Waals surface area contributed by atoms with E-state index in [0.717, 1.165) is 0 Å². The molecular formula is C10H9NO4S. The van der Waals surface area contributed by atoms with E-state index in [1.165, 1.54) is 22.1 Å². The minimum atomic E-state index is -1.06. The van der Waals surface area contributed by atoms with E-state index in [4.69, 9.17) is 9.84 Å². The molecule has 0 aromatic rings. The molecule has 16 heavy (non-hydrogen) atoms. The van der Waals surface area contributed by atoms with Crippen molar-refractivity contribution in [1.29, 1.82) is 0 Å². The number of hydrogen-bond acceptors (Lipinski definition) is 4. The van der Waals surface area contributed by atoms with Crippen LogP contribution in [0.5, 0.6) is 0 Å². The van der Waals surface area contributed by atoms with E-state index >= 15 is 0 Å². The van der Waals surface area contributed by atoms with E-state index in [1.807, 2.05) is 6.92 Å². The molecule has 3 heterocycles. The monoisotopic (exact) mass is 239 g/mol.